The standard InChI is InChI=1S/C14H19N3OS/c1-9(2)8-15-14-16-13(17-19-14)11-5-6-12(18-4)10(3)7-11/h5-7,9H,8H2,1-4H3,(H,15,16,17). The highest BCUT2D eigenvalue weighted by molar-refractivity contribution is 7.09. The minimum absolute atomic E-state index is 0.593. The first-order valence-electron chi connectivity index (χ1n) is 6.32. The molecule has 0 bridgehead atoms. The Morgan fingerprint density at radius 2 is 2.16 bits per heavy atom. The van der Waals surface area contributed by atoms with E-state index in [1.54, 1.807) is 7.11 Å². The lowest BCUT2D eigenvalue weighted by molar-refractivity contribution is 0.412. The van der Waals surface area contributed by atoms with Crippen molar-refractivity contribution >= 4 is 16.7 Å². The van der Waals surface area contributed by atoms with E-state index in [9.17, 15) is 0 Å². The first-order chi connectivity index (χ1) is 9.10. The Kier molecular flexibility index (Phi) is 4.37. The van der Waals surface area contributed by atoms with Gasteiger partial charge in [-0.1, -0.05) is 13.8 Å². The molecule has 2 rings (SSSR count). The number of nitrogens with zero attached hydrogens (tertiary/aromatic N) is 2. The van der Waals surface area contributed by atoms with Gasteiger partial charge in [-0.25, -0.2) is 0 Å². The lowest BCUT2D eigenvalue weighted by atomic mass is 10.1. The average Bonchev–Trinajstić information content (AvgIpc) is 2.85. The smallest absolute Gasteiger partial charge is 0.202 e. The fourth-order valence-electron chi connectivity index (χ4n) is 1.72. The van der Waals surface area contributed by atoms with Crippen LogP contribution in [-0.2, 0) is 0 Å². The molecule has 0 unspecified atom stereocenters. The summed E-state index contributed by atoms with van der Waals surface area (Å²) in [6.45, 7) is 7.27. The summed E-state index contributed by atoms with van der Waals surface area (Å²) < 4.78 is 9.64. The van der Waals surface area contributed by atoms with Crippen molar-refractivity contribution in [1.29, 1.82) is 0 Å². The van der Waals surface area contributed by atoms with Gasteiger partial charge in [0.2, 0.25) is 5.13 Å². The van der Waals surface area contributed by atoms with Crippen molar-refractivity contribution in [3.8, 4) is 17.1 Å². The quantitative estimate of drug-likeness (QED) is 0.907. The van der Waals surface area contributed by atoms with Crippen LogP contribution >= 0.6 is 11.5 Å². The zero-order chi connectivity index (χ0) is 13.8. The van der Waals surface area contributed by atoms with Crippen LogP contribution in [0.5, 0.6) is 5.75 Å². The van der Waals surface area contributed by atoms with E-state index in [1.807, 2.05) is 25.1 Å². The molecule has 4 nitrogen and oxygen atoms in total. The highest BCUT2D eigenvalue weighted by Gasteiger charge is 2.08. The van der Waals surface area contributed by atoms with Gasteiger partial charge in [0.1, 0.15) is 5.75 Å². The molecule has 0 fully saturated rings. The predicted molar refractivity (Wildman–Crippen MR) is 80.0 cm³/mol. The number of hydrogen-bond donors (Lipinski definition) is 1. The fourth-order valence-corrected chi connectivity index (χ4v) is 2.32. The summed E-state index contributed by atoms with van der Waals surface area (Å²) in [5.74, 6) is 2.25. The van der Waals surface area contributed by atoms with Crippen molar-refractivity contribution in [2.45, 2.75) is 20.8 Å². The van der Waals surface area contributed by atoms with Gasteiger partial charge in [0.15, 0.2) is 5.82 Å². The Balaban J connectivity index is 2.16. The van der Waals surface area contributed by atoms with Crippen molar-refractivity contribution < 1.29 is 4.74 Å². The minimum Gasteiger partial charge on any atom is -0.496 e. The van der Waals surface area contributed by atoms with Crippen LogP contribution in [0.4, 0.5) is 5.13 Å². The molecule has 0 atom stereocenters. The molecule has 0 aliphatic rings. The molecule has 0 saturated heterocycles. The second kappa shape index (κ2) is 6.02. The number of anilines is 1. The molecule has 0 aliphatic heterocycles. The Morgan fingerprint density at radius 3 is 2.79 bits per heavy atom. The molecule has 1 N–H and O–H groups in total. The molecule has 2 aromatic rings. The zero-order valence-electron chi connectivity index (χ0n) is 11.7. The van der Waals surface area contributed by atoms with Crippen LogP contribution in [-0.4, -0.2) is 23.0 Å². The summed E-state index contributed by atoms with van der Waals surface area (Å²) in [4.78, 5) is 4.50. The maximum absolute atomic E-state index is 5.26. The van der Waals surface area contributed by atoms with E-state index in [0.717, 1.165) is 34.4 Å². The first-order valence-corrected chi connectivity index (χ1v) is 7.10. The average molecular weight is 277 g/mol. The van der Waals surface area contributed by atoms with Gasteiger partial charge in [0, 0.05) is 23.6 Å². The summed E-state index contributed by atoms with van der Waals surface area (Å²) in [7, 11) is 1.68. The number of hydrogen-bond acceptors (Lipinski definition) is 5. The SMILES string of the molecule is COc1ccc(-c2nsc(NCC(C)C)n2)cc1C. The molecule has 102 valence electrons. The van der Waals surface area contributed by atoms with Gasteiger partial charge in [-0.15, -0.1) is 0 Å². The van der Waals surface area contributed by atoms with Crippen LogP contribution in [0.2, 0.25) is 0 Å². The molecule has 0 saturated carbocycles. The molecule has 0 radical (unpaired) electrons. The van der Waals surface area contributed by atoms with Crippen LogP contribution in [0.3, 0.4) is 0 Å². The van der Waals surface area contributed by atoms with E-state index in [0.29, 0.717) is 5.92 Å². The third kappa shape index (κ3) is 3.44. The number of methoxy groups -OCH3 is 1. The maximum Gasteiger partial charge on any atom is 0.202 e. The van der Waals surface area contributed by atoms with E-state index >= 15 is 0 Å². The number of rotatable bonds is 5. The fraction of sp³-hybridized carbons (Fsp3) is 0.429. The van der Waals surface area contributed by atoms with Gasteiger partial charge >= 0.3 is 0 Å². The second-order valence-corrected chi connectivity index (χ2v) is 5.63. The van der Waals surface area contributed by atoms with E-state index in [2.05, 4.69) is 28.5 Å². The molecule has 19 heavy (non-hydrogen) atoms. The first kappa shape index (κ1) is 13.8. The molecular weight excluding hydrogens is 258 g/mol. The van der Waals surface area contributed by atoms with E-state index in [4.69, 9.17) is 4.74 Å². The lowest BCUT2D eigenvalue weighted by Crippen LogP contribution is -2.07. The Bertz CT molecular complexity index is 551. The summed E-state index contributed by atoms with van der Waals surface area (Å²) >= 11 is 1.40. The Hall–Kier alpha value is -1.62. The Morgan fingerprint density at radius 1 is 1.37 bits per heavy atom. The number of nitrogens with one attached hydrogen (secondary N) is 1. The van der Waals surface area contributed by atoms with Crippen LogP contribution in [0, 0.1) is 12.8 Å². The lowest BCUT2D eigenvalue weighted by Gasteiger charge is -2.05. The van der Waals surface area contributed by atoms with Crippen molar-refractivity contribution in [1.82, 2.24) is 9.36 Å². The van der Waals surface area contributed by atoms with Crippen LogP contribution < -0.4 is 10.1 Å². The van der Waals surface area contributed by atoms with Gasteiger partial charge in [0.05, 0.1) is 7.11 Å². The van der Waals surface area contributed by atoms with Gasteiger partial charge < -0.3 is 10.1 Å². The third-order valence-electron chi connectivity index (χ3n) is 2.74. The normalized spacial score (nSPS) is 10.8. The molecule has 5 heteroatoms. The monoisotopic (exact) mass is 277 g/mol. The van der Waals surface area contributed by atoms with Crippen LogP contribution in [0.25, 0.3) is 11.4 Å². The van der Waals surface area contributed by atoms with Gasteiger partial charge in [-0.05, 0) is 36.6 Å². The molecule has 0 aliphatic carbocycles. The number of aromatic nitrogens is 2. The largest absolute Gasteiger partial charge is 0.496 e. The van der Waals surface area contributed by atoms with Gasteiger partial charge in [-0.2, -0.15) is 9.36 Å². The summed E-state index contributed by atoms with van der Waals surface area (Å²) in [5, 5.41) is 4.16. The predicted octanol–water partition coefficient (Wildman–Crippen LogP) is 3.59. The van der Waals surface area contributed by atoms with E-state index < -0.39 is 0 Å². The topological polar surface area (TPSA) is 47.0 Å². The van der Waals surface area contributed by atoms with Crippen LogP contribution in [0.15, 0.2) is 18.2 Å². The summed E-state index contributed by atoms with van der Waals surface area (Å²) in [6.07, 6.45) is 0. The highest BCUT2D eigenvalue weighted by atomic mass is 32.1. The molecule has 0 spiro atoms. The molecule has 0 amide bonds. The van der Waals surface area contributed by atoms with Crippen LogP contribution in [0.1, 0.15) is 19.4 Å². The molecule has 1 aromatic heterocycles. The van der Waals surface area contributed by atoms with Crippen molar-refractivity contribution in [3.63, 3.8) is 0 Å². The van der Waals surface area contributed by atoms with Gasteiger partial charge in [0.25, 0.3) is 0 Å². The van der Waals surface area contributed by atoms with Crippen molar-refractivity contribution in [3.05, 3.63) is 23.8 Å². The summed E-state index contributed by atoms with van der Waals surface area (Å²) in [5.41, 5.74) is 2.11. The molecular formula is C14H19N3OS. The summed E-state index contributed by atoms with van der Waals surface area (Å²) in [6, 6.07) is 5.99. The number of ether oxygens (including phenoxy) is 1. The number of aryl methyl sites for hydroxylation is 1. The van der Waals surface area contributed by atoms with Gasteiger partial charge in [-0.3, -0.25) is 0 Å². The third-order valence-corrected chi connectivity index (χ3v) is 3.41. The van der Waals surface area contributed by atoms with Crippen molar-refractivity contribution in [2.24, 2.45) is 5.92 Å². The second-order valence-electron chi connectivity index (χ2n) is 4.88. The highest BCUT2D eigenvalue weighted by Crippen LogP contribution is 2.26. The molecule has 1 aromatic carbocycles. The van der Waals surface area contributed by atoms with E-state index in [1.165, 1.54) is 11.5 Å². The molecule has 1 heterocycles. The maximum atomic E-state index is 5.26. The number of benzene rings is 1. The van der Waals surface area contributed by atoms with Crippen molar-refractivity contribution in [2.75, 3.05) is 19.0 Å². The minimum atomic E-state index is 0.593. The zero-order valence-corrected chi connectivity index (χ0v) is 12.5. The van der Waals surface area contributed by atoms with E-state index in [-0.39, 0.29) is 0 Å². The Labute approximate surface area is 118 Å².